The fraction of sp³-hybridized carbons (Fsp3) is 0.273. The van der Waals surface area contributed by atoms with Crippen LogP contribution in [-0.4, -0.2) is 35.5 Å². The highest BCUT2D eigenvalue weighted by Gasteiger charge is 2.32. The molecule has 2 aliphatic heterocycles. The third-order valence-electron chi connectivity index (χ3n) is 5.45. The van der Waals surface area contributed by atoms with E-state index < -0.39 is 0 Å². The first kappa shape index (κ1) is 16.9. The summed E-state index contributed by atoms with van der Waals surface area (Å²) in [5, 5.41) is 1.36. The quantitative estimate of drug-likeness (QED) is 0.745. The van der Waals surface area contributed by atoms with E-state index in [2.05, 4.69) is 4.98 Å². The zero-order valence-corrected chi connectivity index (χ0v) is 15.3. The molecule has 1 N–H and O–H groups in total. The van der Waals surface area contributed by atoms with Gasteiger partial charge in [-0.25, -0.2) is 0 Å². The Hall–Kier alpha value is -3.28. The average Bonchev–Trinajstić information content (AvgIpc) is 3.22. The van der Waals surface area contributed by atoms with Gasteiger partial charge in [0.2, 0.25) is 0 Å². The lowest BCUT2D eigenvalue weighted by Crippen LogP contribution is -2.32. The summed E-state index contributed by atoms with van der Waals surface area (Å²) in [6, 6.07) is 14.9. The Labute approximate surface area is 161 Å². The first-order valence-electron chi connectivity index (χ1n) is 9.53. The number of nitrogens with zero attached hydrogens (tertiary/aromatic N) is 1. The van der Waals surface area contributed by atoms with Crippen molar-refractivity contribution in [2.24, 2.45) is 0 Å². The van der Waals surface area contributed by atoms with E-state index >= 15 is 0 Å². The van der Waals surface area contributed by atoms with Crippen molar-refractivity contribution in [2.75, 3.05) is 19.8 Å². The molecule has 0 spiro atoms. The fourth-order valence-corrected chi connectivity index (χ4v) is 4.10. The summed E-state index contributed by atoms with van der Waals surface area (Å²) in [5.41, 5.74) is 1.11. The molecule has 1 saturated heterocycles. The first-order chi connectivity index (χ1) is 13.7. The highest BCUT2D eigenvalue weighted by Crippen LogP contribution is 2.38. The van der Waals surface area contributed by atoms with Crippen molar-refractivity contribution in [1.29, 1.82) is 0 Å². The minimum atomic E-state index is -0.239. The number of nitrogens with one attached hydrogen (secondary N) is 1. The summed E-state index contributed by atoms with van der Waals surface area (Å²) in [5.74, 6) is 1.31. The maximum Gasteiger partial charge on any atom is 0.270 e. The summed E-state index contributed by atoms with van der Waals surface area (Å²) in [7, 11) is 0. The number of rotatable bonds is 2. The van der Waals surface area contributed by atoms with E-state index in [0.717, 1.165) is 35.3 Å². The topological polar surface area (TPSA) is 71.6 Å². The Kier molecular flexibility index (Phi) is 4.04. The lowest BCUT2D eigenvalue weighted by Gasteiger charge is -2.26. The standard InChI is InChI=1S/C22H20N2O4/c25-21-16-5-2-1-4-14(16)12-17(23-21)22(26)24-9-3-6-18(24)15-7-8-19-20(13-15)28-11-10-27-19/h1-2,4-5,7-8,12-13,18H,3,6,9-11H2,(H,23,25). The molecule has 1 amide bonds. The molecule has 142 valence electrons. The van der Waals surface area contributed by atoms with E-state index in [9.17, 15) is 9.59 Å². The van der Waals surface area contributed by atoms with Crippen LogP contribution in [0, 0.1) is 0 Å². The van der Waals surface area contributed by atoms with E-state index in [1.807, 2.05) is 41.3 Å². The molecule has 5 rings (SSSR count). The summed E-state index contributed by atoms with van der Waals surface area (Å²) in [6.45, 7) is 1.74. The number of likely N-dealkylation sites (tertiary alicyclic amines) is 1. The number of carbonyl (C=O) groups excluding carboxylic acids is 1. The van der Waals surface area contributed by atoms with E-state index in [4.69, 9.17) is 9.47 Å². The second-order valence-electron chi connectivity index (χ2n) is 7.16. The third kappa shape index (κ3) is 2.81. The van der Waals surface area contributed by atoms with Gasteiger partial charge in [0.15, 0.2) is 11.5 Å². The minimum absolute atomic E-state index is 0.0432. The van der Waals surface area contributed by atoms with Crippen molar-refractivity contribution in [3.63, 3.8) is 0 Å². The van der Waals surface area contributed by atoms with Gasteiger partial charge >= 0.3 is 0 Å². The van der Waals surface area contributed by atoms with Crippen molar-refractivity contribution in [3.05, 3.63) is 70.1 Å². The first-order valence-corrected chi connectivity index (χ1v) is 9.53. The number of carbonyl (C=O) groups is 1. The summed E-state index contributed by atoms with van der Waals surface area (Å²) >= 11 is 0. The zero-order valence-electron chi connectivity index (χ0n) is 15.3. The van der Waals surface area contributed by atoms with E-state index in [0.29, 0.717) is 30.8 Å². The molecule has 3 aromatic rings. The van der Waals surface area contributed by atoms with Crippen LogP contribution in [-0.2, 0) is 0 Å². The Bertz CT molecular complexity index is 1120. The number of pyridine rings is 1. The number of aromatic nitrogens is 1. The van der Waals surface area contributed by atoms with Gasteiger partial charge in [-0.1, -0.05) is 24.3 Å². The zero-order chi connectivity index (χ0) is 19.1. The average molecular weight is 376 g/mol. The Morgan fingerprint density at radius 2 is 1.86 bits per heavy atom. The van der Waals surface area contributed by atoms with Gasteiger partial charge in [-0.3, -0.25) is 9.59 Å². The maximum atomic E-state index is 13.2. The molecular weight excluding hydrogens is 356 g/mol. The van der Waals surface area contributed by atoms with Gasteiger partial charge < -0.3 is 19.4 Å². The number of benzene rings is 2. The smallest absolute Gasteiger partial charge is 0.270 e. The molecule has 1 unspecified atom stereocenters. The van der Waals surface area contributed by atoms with Crippen molar-refractivity contribution in [2.45, 2.75) is 18.9 Å². The number of H-pyrrole nitrogens is 1. The fourth-order valence-electron chi connectivity index (χ4n) is 4.10. The molecule has 6 heteroatoms. The maximum absolute atomic E-state index is 13.2. The lowest BCUT2D eigenvalue weighted by atomic mass is 10.0. The number of fused-ring (bicyclic) bond motifs is 2. The van der Waals surface area contributed by atoms with E-state index in [1.54, 1.807) is 12.1 Å². The molecule has 0 saturated carbocycles. The van der Waals surface area contributed by atoms with Crippen LogP contribution in [0.3, 0.4) is 0 Å². The van der Waals surface area contributed by atoms with E-state index in [-0.39, 0.29) is 17.5 Å². The van der Waals surface area contributed by atoms with Crippen LogP contribution >= 0.6 is 0 Å². The third-order valence-corrected chi connectivity index (χ3v) is 5.45. The molecule has 3 heterocycles. The molecule has 0 aliphatic carbocycles. The van der Waals surface area contributed by atoms with Crippen LogP contribution in [0.1, 0.15) is 34.9 Å². The number of hydrogen-bond donors (Lipinski definition) is 1. The van der Waals surface area contributed by atoms with Gasteiger partial charge in [0, 0.05) is 11.9 Å². The Morgan fingerprint density at radius 1 is 1.04 bits per heavy atom. The molecule has 1 atom stereocenters. The van der Waals surface area contributed by atoms with Gasteiger partial charge in [-0.05, 0) is 48.1 Å². The molecule has 1 fully saturated rings. The molecule has 2 aliphatic rings. The largest absolute Gasteiger partial charge is 0.486 e. The monoisotopic (exact) mass is 376 g/mol. The second kappa shape index (κ2) is 6.71. The normalized spacial score (nSPS) is 18.4. The summed E-state index contributed by atoms with van der Waals surface area (Å²) in [6.07, 6.45) is 1.80. The van der Waals surface area contributed by atoms with Crippen molar-refractivity contribution in [3.8, 4) is 11.5 Å². The second-order valence-corrected chi connectivity index (χ2v) is 7.16. The molecule has 1 aromatic heterocycles. The molecular formula is C22H20N2O4. The lowest BCUT2D eigenvalue weighted by molar-refractivity contribution is 0.0729. The SMILES string of the molecule is O=C(c1cc2ccccc2c(=O)[nH]1)N1CCCC1c1ccc2c(c1)OCCO2. The van der Waals surface area contributed by atoms with E-state index in [1.165, 1.54) is 0 Å². The van der Waals surface area contributed by atoms with Crippen LogP contribution in [0.2, 0.25) is 0 Å². The van der Waals surface area contributed by atoms with Gasteiger partial charge in [0.1, 0.15) is 18.9 Å². The highest BCUT2D eigenvalue weighted by atomic mass is 16.6. The van der Waals surface area contributed by atoms with Crippen LogP contribution < -0.4 is 15.0 Å². The van der Waals surface area contributed by atoms with Gasteiger partial charge in [-0.2, -0.15) is 0 Å². The van der Waals surface area contributed by atoms with Crippen molar-refractivity contribution < 1.29 is 14.3 Å². The summed E-state index contributed by atoms with van der Waals surface area (Å²) < 4.78 is 11.3. The number of aromatic amines is 1. The van der Waals surface area contributed by atoms with Crippen LogP contribution in [0.15, 0.2) is 53.3 Å². The van der Waals surface area contributed by atoms with Crippen molar-refractivity contribution in [1.82, 2.24) is 9.88 Å². The van der Waals surface area contributed by atoms with Gasteiger partial charge in [-0.15, -0.1) is 0 Å². The predicted molar refractivity (Wildman–Crippen MR) is 105 cm³/mol. The van der Waals surface area contributed by atoms with Gasteiger partial charge in [0.25, 0.3) is 11.5 Å². The Balaban J connectivity index is 1.48. The highest BCUT2D eigenvalue weighted by molar-refractivity contribution is 5.96. The van der Waals surface area contributed by atoms with Crippen molar-refractivity contribution >= 4 is 16.7 Å². The number of ether oxygens (including phenoxy) is 2. The molecule has 0 bridgehead atoms. The van der Waals surface area contributed by atoms with Crippen LogP contribution in [0.25, 0.3) is 10.8 Å². The summed E-state index contributed by atoms with van der Waals surface area (Å²) in [4.78, 5) is 30.2. The molecule has 6 nitrogen and oxygen atoms in total. The molecule has 28 heavy (non-hydrogen) atoms. The molecule has 2 aromatic carbocycles. The number of amides is 1. The van der Waals surface area contributed by atoms with Crippen LogP contribution in [0.5, 0.6) is 11.5 Å². The number of hydrogen-bond acceptors (Lipinski definition) is 4. The minimum Gasteiger partial charge on any atom is -0.486 e. The van der Waals surface area contributed by atoms with Gasteiger partial charge in [0.05, 0.1) is 6.04 Å². The van der Waals surface area contributed by atoms with Crippen LogP contribution in [0.4, 0.5) is 0 Å². The predicted octanol–water partition coefficient (Wildman–Crippen LogP) is 3.28. The Morgan fingerprint density at radius 3 is 2.75 bits per heavy atom. The molecule has 0 radical (unpaired) electrons.